The van der Waals surface area contributed by atoms with Gasteiger partial charge in [-0.05, 0) is 10.6 Å². The van der Waals surface area contributed by atoms with Gasteiger partial charge in [-0.2, -0.15) is 0 Å². The largest absolute Gasteiger partial charge is 0.516 e. The van der Waals surface area contributed by atoms with Crippen LogP contribution in [0.3, 0.4) is 0 Å². The van der Waals surface area contributed by atoms with Gasteiger partial charge >= 0.3 is 8.03 Å². The molecule has 1 aliphatic rings. The predicted molar refractivity (Wildman–Crippen MR) is 39.9 cm³/mol. The summed E-state index contributed by atoms with van der Waals surface area (Å²) in [5, 5.41) is 0. The smallest absolute Gasteiger partial charge is 0.133 e. The molecule has 52 valence electrons. The lowest BCUT2D eigenvalue weighted by Crippen LogP contribution is -2.05. The maximum Gasteiger partial charge on any atom is 0.516 e. The molecule has 0 N–H and O–H groups in total. The van der Waals surface area contributed by atoms with Gasteiger partial charge in [0.25, 0.3) is 0 Å². The first-order chi connectivity index (χ1) is 4.84. The minimum atomic E-state index is -1.54. The van der Waals surface area contributed by atoms with Gasteiger partial charge in [0.1, 0.15) is 0 Å². The molecule has 0 aromatic heterocycles. The van der Waals surface area contributed by atoms with Crippen LogP contribution in [-0.2, 0) is 9.09 Å². The summed E-state index contributed by atoms with van der Waals surface area (Å²) in [5.41, 5.74) is 0.114. The van der Waals surface area contributed by atoms with E-state index in [2.05, 4.69) is 5.92 Å². The number of hydrogen-bond donors (Lipinski definition) is 0. The lowest BCUT2D eigenvalue weighted by atomic mass is 10.1. The molecule has 2 unspecified atom stereocenters. The first-order valence-electron chi connectivity index (χ1n) is 3.04. The Morgan fingerprint density at radius 2 is 2.60 bits per heavy atom. The molecule has 0 bridgehead atoms. The first kappa shape index (κ1) is 7.47. The van der Waals surface area contributed by atoms with Gasteiger partial charge in [0.05, 0.1) is 0 Å². The van der Waals surface area contributed by atoms with E-state index in [1.807, 2.05) is 12.2 Å². The Morgan fingerprint density at radius 3 is 3.00 bits per heavy atom. The highest BCUT2D eigenvalue weighted by molar-refractivity contribution is 7.40. The highest BCUT2D eigenvalue weighted by Gasteiger charge is 2.32. The van der Waals surface area contributed by atoms with Crippen LogP contribution in [0.2, 0.25) is 0 Å². The first-order valence-corrected chi connectivity index (χ1v) is 4.28. The zero-order valence-corrected chi connectivity index (χ0v) is 6.38. The van der Waals surface area contributed by atoms with Gasteiger partial charge in [0, 0.05) is 6.42 Å². The molecular weight excluding hydrogens is 147 g/mol. The number of hydrogen-bond acceptors (Lipinski definition) is 2. The second-order valence-corrected chi connectivity index (χ2v) is 3.49. The molecule has 0 aromatic carbocycles. The van der Waals surface area contributed by atoms with Gasteiger partial charge in [-0.1, -0.05) is 12.0 Å². The average Bonchev–Trinajstić information content (AvgIpc) is 1.79. The van der Waals surface area contributed by atoms with Crippen LogP contribution in [0.25, 0.3) is 0 Å². The van der Waals surface area contributed by atoms with Gasteiger partial charge < -0.3 is 0 Å². The predicted octanol–water partition coefficient (Wildman–Crippen LogP) is 1.71. The van der Waals surface area contributed by atoms with E-state index in [0.717, 1.165) is 6.42 Å². The third-order valence-electron chi connectivity index (χ3n) is 1.28. The zero-order valence-electron chi connectivity index (χ0n) is 5.49. The third kappa shape index (κ3) is 1.67. The van der Waals surface area contributed by atoms with Crippen molar-refractivity contribution in [3.8, 4) is 12.3 Å². The van der Waals surface area contributed by atoms with Crippen LogP contribution >= 0.6 is 8.03 Å². The summed E-state index contributed by atoms with van der Waals surface area (Å²) < 4.78 is 15.8. The minimum Gasteiger partial charge on any atom is -0.133 e. The second kappa shape index (κ2) is 3.51. The molecule has 0 amide bonds. The van der Waals surface area contributed by atoms with Crippen molar-refractivity contribution in [2.75, 3.05) is 6.61 Å². The summed E-state index contributed by atoms with van der Waals surface area (Å²) in [6.07, 6.45) is 9.63. The van der Waals surface area contributed by atoms with Crippen LogP contribution in [0.5, 0.6) is 0 Å². The Hall–Kier alpha value is -0.640. The summed E-state index contributed by atoms with van der Waals surface area (Å²) in [5.74, 6) is 2.27. The molecule has 3 heteroatoms. The molecule has 0 saturated heterocycles. The van der Waals surface area contributed by atoms with E-state index >= 15 is 0 Å². The van der Waals surface area contributed by atoms with E-state index in [0.29, 0.717) is 0 Å². The van der Waals surface area contributed by atoms with E-state index in [4.69, 9.17) is 10.9 Å². The lowest BCUT2D eigenvalue weighted by Gasteiger charge is -2.03. The van der Waals surface area contributed by atoms with Gasteiger partial charge in [0.15, 0.2) is 6.61 Å². The molecule has 0 saturated carbocycles. The fraction of sp³-hybridized carbons (Fsp3) is 0.429. The monoisotopic (exact) mass is 155 g/mol. The van der Waals surface area contributed by atoms with E-state index in [1.165, 1.54) is 0 Å². The summed E-state index contributed by atoms with van der Waals surface area (Å²) in [7, 11) is -1.54. The average molecular weight is 155 g/mol. The summed E-state index contributed by atoms with van der Waals surface area (Å²) in [6, 6.07) is 0. The quantitative estimate of drug-likeness (QED) is 0.352. The van der Waals surface area contributed by atoms with Crippen molar-refractivity contribution < 1.29 is 9.09 Å². The Balaban J connectivity index is 2.23. The molecule has 2 atom stereocenters. The Kier molecular flexibility index (Phi) is 2.62. The van der Waals surface area contributed by atoms with Gasteiger partial charge in [-0.3, -0.25) is 0 Å². The molecule has 0 fully saturated rings. The Labute approximate surface area is 61.1 Å². The summed E-state index contributed by atoms with van der Waals surface area (Å²) in [6.45, 7) is 0.152. The van der Waals surface area contributed by atoms with Crippen molar-refractivity contribution in [1.29, 1.82) is 0 Å². The van der Waals surface area contributed by atoms with Crippen molar-refractivity contribution in [2.45, 2.75) is 12.1 Å². The maximum absolute atomic E-state index is 11.0. The normalized spacial score (nSPS) is 23.1. The summed E-state index contributed by atoms with van der Waals surface area (Å²) >= 11 is 0. The topological polar surface area (TPSA) is 26.3 Å². The standard InChI is InChI=1S/C7H8O2P/c1-2-6-9-10(8)7-4-3-5-7/h1,3-4,7H,5-6H2/q+1. The highest BCUT2D eigenvalue weighted by atomic mass is 31.1. The molecular formula is C7H8O2P+. The number of terminal acetylenes is 1. The molecule has 2 nitrogen and oxygen atoms in total. The summed E-state index contributed by atoms with van der Waals surface area (Å²) in [4.78, 5) is 0. The molecule has 0 aromatic rings. The number of rotatable bonds is 3. The SMILES string of the molecule is C#CCO[P+](=O)C1C=CC1. The van der Waals surface area contributed by atoms with E-state index in [9.17, 15) is 4.57 Å². The van der Waals surface area contributed by atoms with E-state index in [-0.39, 0.29) is 12.3 Å². The molecule has 0 radical (unpaired) electrons. The fourth-order valence-corrected chi connectivity index (χ4v) is 1.56. The van der Waals surface area contributed by atoms with Gasteiger partial charge in [0.2, 0.25) is 5.66 Å². The number of allylic oxidation sites excluding steroid dienone is 2. The molecule has 0 heterocycles. The fourth-order valence-electron chi connectivity index (χ4n) is 0.611. The molecule has 1 rings (SSSR count). The van der Waals surface area contributed by atoms with Crippen LogP contribution in [0.1, 0.15) is 6.42 Å². The third-order valence-corrected chi connectivity index (χ3v) is 2.59. The van der Waals surface area contributed by atoms with Crippen LogP contribution in [-0.4, -0.2) is 12.3 Å². The van der Waals surface area contributed by atoms with Crippen LogP contribution in [0.15, 0.2) is 12.2 Å². The van der Waals surface area contributed by atoms with Crippen LogP contribution in [0.4, 0.5) is 0 Å². The Morgan fingerprint density at radius 1 is 1.90 bits per heavy atom. The van der Waals surface area contributed by atoms with Crippen molar-refractivity contribution in [3.05, 3.63) is 12.2 Å². The highest BCUT2D eigenvalue weighted by Crippen LogP contribution is 2.36. The van der Waals surface area contributed by atoms with Crippen molar-refractivity contribution in [3.63, 3.8) is 0 Å². The molecule has 0 aliphatic heterocycles. The zero-order chi connectivity index (χ0) is 7.40. The van der Waals surface area contributed by atoms with Gasteiger partial charge in [-0.15, -0.1) is 10.9 Å². The molecule has 1 aliphatic carbocycles. The van der Waals surface area contributed by atoms with E-state index < -0.39 is 8.03 Å². The minimum absolute atomic E-state index is 0.114. The van der Waals surface area contributed by atoms with Crippen LogP contribution in [0, 0.1) is 12.3 Å². The molecule has 0 spiro atoms. The molecule has 10 heavy (non-hydrogen) atoms. The maximum atomic E-state index is 11.0. The van der Waals surface area contributed by atoms with Crippen molar-refractivity contribution in [1.82, 2.24) is 0 Å². The Bertz CT molecular complexity index is 202. The van der Waals surface area contributed by atoms with Crippen molar-refractivity contribution in [2.24, 2.45) is 0 Å². The van der Waals surface area contributed by atoms with Crippen LogP contribution < -0.4 is 0 Å². The second-order valence-electron chi connectivity index (χ2n) is 1.99. The van der Waals surface area contributed by atoms with E-state index in [1.54, 1.807) is 0 Å². The lowest BCUT2D eigenvalue weighted by molar-refractivity contribution is 0.372. The van der Waals surface area contributed by atoms with Gasteiger partial charge in [-0.25, -0.2) is 0 Å². The van der Waals surface area contributed by atoms with Crippen molar-refractivity contribution >= 4 is 8.03 Å².